The standard InChI is InChI=1S/C17H25NO3/c1-20-15(13-9-5-3-6-10-13)17(21-2)18-16(19)14-11-7-4-8-12-14/h3,5-6,9-10,14-15,17H,4,7-8,11-12H2,1-2H3,(H,18,19)/t15-,17-/m1/s1. The number of methoxy groups -OCH3 is 2. The number of amides is 1. The van der Waals surface area contributed by atoms with E-state index in [2.05, 4.69) is 5.32 Å². The maximum atomic E-state index is 12.4. The molecule has 21 heavy (non-hydrogen) atoms. The van der Waals surface area contributed by atoms with Crippen LogP contribution in [-0.4, -0.2) is 26.4 Å². The first kappa shape index (κ1) is 16.0. The zero-order valence-electron chi connectivity index (χ0n) is 12.9. The molecule has 0 bridgehead atoms. The van der Waals surface area contributed by atoms with Crippen LogP contribution in [0.5, 0.6) is 0 Å². The number of carbonyl (C=O) groups is 1. The van der Waals surface area contributed by atoms with E-state index in [1.807, 2.05) is 30.3 Å². The lowest BCUT2D eigenvalue weighted by Crippen LogP contribution is -2.44. The van der Waals surface area contributed by atoms with Crippen LogP contribution in [0.15, 0.2) is 30.3 Å². The van der Waals surface area contributed by atoms with Gasteiger partial charge in [-0.1, -0.05) is 49.6 Å². The van der Waals surface area contributed by atoms with Crippen LogP contribution in [0.2, 0.25) is 0 Å². The molecule has 4 heteroatoms. The van der Waals surface area contributed by atoms with E-state index in [1.54, 1.807) is 14.2 Å². The van der Waals surface area contributed by atoms with E-state index in [-0.39, 0.29) is 17.9 Å². The molecule has 2 atom stereocenters. The molecule has 0 radical (unpaired) electrons. The van der Waals surface area contributed by atoms with E-state index in [0.717, 1.165) is 31.2 Å². The predicted molar refractivity (Wildman–Crippen MR) is 81.7 cm³/mol. The van der Waals surface area contributed by atoms with Gasteiger partial charge in [-0.3, -0.25) is 4.79 Å². The Morgan fingerprint density at radius 3 is 2.33 bits per heavy atom. The summed E-state index contributed by atoms with van der Waals surface area (Å²) < 4.78 is 11.0. The first-order chi connectivity index (χ1) is 10.3. The summed E-state index contributed by atoms with van der Waals surface area (Å²) in [5, 5.41) is 3.00. The highest BCUT2D eigenvalue weighted by molar-refractivity contribution is 5.78. The van der Waals surface area contributed by atoms with Gasteiger partial charge >= 0.3 is 0 Å². The van der Waals surface area contributed by atoms with Crippen LogP contribution >= 0.6 is 0 Å². The maximum absolute atomic E-state index is 12.4. The van der Waals surface area contributed by atoms with Crippen LogP contribution in [0.3, 0.4) is 0 Å². The largest absolute Gasteiger partial charge is 0.372 e. The Kier molecular flexibility index (Phi) is 6.21. The molecular weight excluding hydrogens is 266 g/mol. The summed E-state index contributed by atoms with van der Waals surface area (Å²) in [5.74, 6) is 0.198. The average molecular weight is 291 g/mol. The van der Waals surface area contributed by atoms with E-state index in [4.69, 9.17) is 9.47 Å². The second-order valence-corrected chi connectivity index (χ2v) is 5.57. The van der Waals surface area contributed by atoms with Gasteiger partial charge in [0.05, 0.1) is 0 Å². The number of rotatable bonds is 6. The fraction of sp³-hybridized carbons (Fsp3) is 0.588. The normalized spacial score (nSPS) is 19.0. The van der Waals surface area contributed by atoms with E-state index in [9.17, 15) is 4.79 Å². The molecule has 116 valence electrons. The SMILES string of the molecule is CO[C@@H](NC(=O)C1CCCCC1)[C@H](OC)c1ccccc1. The highest BCUT2D eigenvalue weighted by Gasteiger charge is 2.28. The summed E-state index contributed by atoms with van der Waals surface area (Å²) in [6, 6.07) is 9.83. The van der Waals surface area contributed by atoms with Gasteiger partial charge in [0.25, 0.3) is 0 Å². The Morgan fingerprint density at radius 1 is 1.10 bits per heavy atom. The fourth-order valence-corrected chi connectivity index (χ4v) is 2.96. The molecule has 0 aliphatic heterocycles. The third kappa shape index (κ3) is 4.29. The minimum atomic E-state index is -0.466. The maximum Gasteiger partial charge on any atom is 0.225 e. The average Bonchev–Trinajstić information content (AvgIpc) is 2.56. The number of carbonyl (C=O) groups excluding carboxylic acids is 1. The Labute approximate surface area is 126 Å². The van der Waals surface area contributed by atoms with Crippen LogP contribution < -0.4 is 5.32 Å². The van der Waals surface area contributed by atoms with Crippen LogP contribution in [0.25, 0.3) is 0 Å². The van der Waals surface area contributed by atoms with E-state index >= 15 is 0 Å². The van der Waals surface area contributed by atoms with Crippen molar-refractivity contribution in [3.63, 3.8) is 0 Å². The Morgan fingerprint density at radius 2 is 1.76 bits per heavy atom. The molecule has 1 saturated carbocycles. The van der Waals surface area contributed by atoms with Crippen LogP contribution in [0, 0.1) is 5.92 Å². The first-order valence-electron chi connectivity index (χ1n) is 7.67. The van der Waals surface area contributed by atoms with Crippen molar-refractivity contribution in [2.75, 3.05) is 14.2 Å². The second kappa shape index (κ2) is 8.15. The molecule has 1 aliphatic carbocycles. The summed E-state index contributed by atoms with van der Waals surface area (Å²) in [6.07, 6.45) is 4.71. The van der Waals surface area contributed by atoms with E-state index in [1.165, 1.54) is 6.42 Å². The molecule has 4 nitrogen and oxygen atoms in total. The van der Waals surface area contributed by atoms with Crippen molar-refractivity contribution in [3.05, 3.63) is 35.9 Å². The predicted octanol–water partition coefficient (Wildman–Crippen LogP) is 3.04. The molecule has 1 aromatic rings. The summed E-state index contributed by atoms with van der Waals surface area (Å²) in [7, 11) is 3.23. The lowest BCUT2D eigenvalue weighted by molar-refractivity contribution is -0.134. The Balaban J connectivity index is 2.02. The molecule has 0 heterocycles. The molecule has 0 aromatic heterocycles. The van der Waals surface area contributed by atoms with Crippen molar-refractivity contribution in [2.24, 2.45) is 5.92 Å². The monoisotopic (exact) mass is 291 g/mol. The van der Waals surface area contributed by atoms with Crippen molar-refractivity contribution < 1.29 is 14.3 Å². The van der Waals surface area contributed by atoms with Gasteiger partial charge in [0.15, 0.2) is 6.23 Å². The zero-order valence-corrected chi connectivity index (χ0v) is 12.9. The van der Waals surface area contributed by atoms with Gasteiger partial charge < -0.3 is 14.8 Å². The van der Waals surface area contributed by atoms with Crippen molar-refractivity contribution in [1.82, 2.24) is 5.32 Å². The molecular formula is C17H25NO3. The van der Waals surface area contributed by atoms with Gasteiger partial charge in [0.2, 0.25) is 5.91 Å². The smallest absolute Gasteiger partial charge is 0.225 e. The summed E-state index contributed by atoms with van der Waals surface area (Å²) in [4.78, 5) is 12.4. The lowest BCUT2D eigenvalue weighted by Gasteiger charge is -2.29. The van der Waals surface area contributed by atoms with Crippen LogP contribution in [0.1, 0.15) is 43.8 Å². The Bertz CT molecular complexity index is 429. The van der Waals surface area contributed by atoms with Crippen molar-refractivity contribution >= 4 is 5.91 Å². The van der Waals surface area contributed by atoms with Crippen molar-refractivity contribution in [1.29, 1.82) is 0 Å². The van der Waals surface area contributed by atoms with Gasteiger partial charge in [-0.15, -0.1) is 0 Å². The number of nitrogens with one attached hydrogen (secondary N) is 1. The minimum Gasteiger partial charge on any atom is -0.372 e. The van der Waals surface area contributed by atoms with E-state index < -0.39 is 6.23 Å². The zero-order chi connectivity index (χ0) is 15.1. The van der Waals surface area contributed by atoms with Crippen molar-refractivity contribution in [3.8, 4) is 0 Å². The second-order valence-electron chi connectivity index (χ2n) is 5.57. The van der Waals surface area contributed by atoms with Crippen molar-refractivity contribution in [2.45, 2.75) is 44.4 Å². The molecule has 0 spiro atoms. The minimum absolute atomic E-state index is 0.0829. The number of hydrogen-bond acceptors (Lipinski definition) is 3. The molecule has 1 N–H and O–H groups in total. The van der Waals surface area contributed by atoms with Crippen LogP contribution in [-0.2, 0) is 14.3 Å². The van der Waals surface area contributed by atoms with Gasteiger partial charge in [0, 0.05) is 20.1 Å². The number of ether oxygens (including phenoxy) is 2. The molecule has 2 rings (SSSR count). The molecule has 1 aliphatic rings. The molecule has 1 aromatic carbocycles. The summed E-state index contributed by atoms with van der Waals surface area (Å²) >= 11 is 0. The topological polar surface area (TPSA) is 47.6 Å². The number of benzene rings is 1. The van der Waals surface area contributed by atoms with E-state index in [0.29, 0.717) is 0 Å². The lowest BCUT2D eigenvalue weighted by atomic mass is 9.88. The van der Waals surface area contributed by atoms with Gasteiger partial charge in [0.1, 0.15) is 6.10 Å². The third-order valence-electron chi connectivity index (χ3n) is 4.17. The Hall–Kier alpha value is -1.39. The van der Waals surface area contributed by atoms with Gasteiger partial charge in [-0.25, -0.2) is 0 Å². The van der Waals surface area contributed by atoms with Gasteiger partial charge in [-0.05, 0) is 18.4 Å². The van der Waals surface area contributed by atoms with Gasteiger partial charge in [-0.2, -0.15) is 0 Å². The fourth-order valence-electron chi connectivity index (χ4n) is 2.96. The molecule has 0 unspecified atom stereocenters. The van der Waals surface area contributed by atoms with Crippen LogP contribution in [0.4, 0.5) is 0 Å². The molecule has 1 fully saturated rings. The summed E-state index contributed by atoms with van der Waals surface area (Å²) in [5.41, 5.74) is 0.996. The molecule has 1 amide bonds. The third-order valence-corrected chi connectivity index (χ3v) is 4.17. The number of hydrogen-bond donors (Lipinski definition) is 1. The molecule has 0 saturated heterocycles. The first-order valence-corrected chi connectivity index (χ1v) is 7.67. The highest BCUT2D eigenvalue weighted by Crippen LogP contribution is 2.25. The highest BCUT2D eigenvalue weighted by atomic mass is 16.5. The quantitative estimate of drug-likeness (QED) is 0.820. The summed E-state index contributed by atoms with van der Waals surface area (Å²) in [6.45, 7) is 0.